The molecule has 0 amide bonds. The average molecular weight is 256 g/mol. The first-order valence-electron chi connectivity index (χ1n) is 6.14. The van der Waals surface area contributed by atoms with E-state index in [1.165, 1.54) is 0 Å². The van der Waals surface area contributed by atoms with Gasteiger partial charge in [0.1, 0.15) is 6.67 Å². The summed E-state index contributed by atoms with van der Waals surface area (Å²) in [5.41, 5.74) is 0.705. The molecule has 1 saturated heterocycles. The molecule has 18 heavy (non-hydrogen) atoms. The van der Waals surface area contributed by atoms with Crippen LogP contribution in [0, 0.1) is 12.7 Å². The van der Waals surface area contributed by atoms with Crippen molar-refractivity contribution in [3.63, 3.8) is 0 Å². The van der Waals surface area contributed by atoms with Gasteiger partial charge in [0.05, 0.1) is 6.04 Å². The summed E-state index contributed by atoms with van der Waals surface area (Å²) in [6, 6.07) is 2.62. The third kappa shape index (κ3) is 2.47. The molecule has 3 nitrogen and oxygen atoms in total. The molecule has 0 spiro atoms. The topological polar surface area (TPSA) is 35.5 Å². The van der Waals surface area contributed by atoms with Crippen molar-refractivity contribution in [2.24, 2.45) is 0 Å². The normalized spacial score (nSPS) is 18.8. The zero-order valence-corrected chi connectivity index (χ0v) is 10.4. The molecule has 1 aromatic carbocycles. The molecule has 5 heteroatoms. The van der Waals surface area contributed by atoms with Gasteiger partial charge in [-0.2, -0.15) is 0 Å². The molecule has 0 unspecified atom stereocenters. The molecule has 2 rings (SSSR count). The van der Waals surface area contributed by atoms with E-state index in [1.807, 2.05) is 4.90 Å². The summed E-state index contributed by atoms with van der Waals surface area (Å²) in [6.45, 7) is 3.91. The number of phenols is 1. The van der Waals surface area contributed by atoms with Crippen molar-refractivity contribution >= 4 is 0 Å². The number of aromatic hydroxyl groups is 1. The predicted octanol–water partition coefficient (Wildman–Crippen LogP) is 1.76. The molecule has 1 aliphatic rings. The van der Waals surface area contributed by atoms with Crippen LogP contribution in [-0.4, -0.2) is 42.9 Å². The third-order valence-electron chi connectivity index (χ3n) is 3.44. The van der Waals surface area contributed by atoms with Crippen molar-refractivity contribution in [1.82, 2.24) is 10.2 Å². The highest BCUT2D eigenvalue weighted by molar-refractivity contribution is 5.40. The fourth-order valence-corrected chi connectivity index (χ4v) is 2.32. The highest BCUT2D eigenvalue weighted by Crippen LogP contribution is 2.32. The Kier molecular flexibility index (Phi) is 4.14. The number of hydrogen-bond acceptors (Lipinski definition) is 3. The zero-order chi connectivity index (χ0) is 13.1. The van der Waals surface area contributed by atoms with E-state index in [9.17, 15) is 13.9 Å². The van der Waals surface area contributed by atoms with Crippen molar-refractivity contribution < 1.29 is 13.9 Å². The monoisotopic (exact) mass is 256 g/mol. The van der Waals surface area contributed by atoms with E-state index in [0.29, 0.717) is 24.2 Å². The molecule has 0 saturated carbocycles. The lowest BCUT2D eigenvalue weighted by atomic mass is 10.0. The molecule has 2 N–H and O–H groups in total. The molecule has 1 aromatic rings. The smallest absolute Gasteiger partial charge is 0.168 e. The van der Waals surface area contributed by atoms with Crippen LogP contribution in [0.15, 0.2) is 12.1 Å². The van der Waals surface area contributed by atoms with Crippen LogP contribution in [0.4, 0.5) is 8.78 Å². The molecular weight excluding hydrogens is 238 g/mol. The average Bonchev–Trinajstić information content (AvgIpc) is 2.41. The Morgan fingerprint density at radius 1 is 1.39 bits per heavy atom. The number of halogens is 2. The first-order chi connectivity index (χ1) is 8.65. The summed E-state index contributed by atoms with van der Waals surface area (Å²) in [7, 11) is 0. The summed E-state index contributed by atoms with van der Waals surface area (Å²) in [6.07, 6.45) is 0. The van der Waals surface area contributed by atoms with Crippen LogP contribution >= 0.6 is 0 Å². The van der Waals surface area contributed by atoms with Gasteiger partial charge in [0.2, 0.25) is 0 Å². The Labute approximate surface area is 105 Å². The van der Waals surface area contributed by atoms with Crippen LogP contribution in [0.1, 0.15) is 17.2 Å². The summed E-state index contributed by atoms with van der Waals surface area (Å²) in [5, 5.41) is 13.0. The van der Waals surface area contributed by atoms with E-state index in [1.54, 1.807) is 19.1 Å². The van der Waals surface area contributed by atoms with E-state index in [-0.39, 0.29) is 0 Å². The number of benzene rings is 1. The van der Waals surface area contributed by atoms with Crippen LogP contribution < -0.4 is 5.32 Å². The maximum Gasteiger partial charge on any atom is 0.168 e. The molecular formula is C13H18F2N2O. The van der Waals surface area contributed by atoms with Crippen LogP contribution in [0.25, 0.3) is 0 Å². The Hall–Kier alpha value is -1.20. The number of nitrogens with zero attached hydrogens (tertiary/aromatic N) is 1. The number of aryl methyl sites for hydroxylation is 1. The number of phenolic OH excluding ortho intramolecular Hbond substituents is 1. The summed E-state index contributed by atoms with van der Waals surface area (Å²) in [4.78, 5) is 1.93. The van der Waals surface area contributed by atoms with E-state index in [4.69, 9.17) is 0 Å². The number of piperazine rings is 1. The highest BCUT2D eigenvalue weighted by Gasteiger charge is 2.26. The van der Waals surface area contributed by atoms with Crippen LogP contribution in [0.2, 0.25) is 0 Å². The van der Waals surface area contributed by atoms with Crippen molar-refractivity contribution in [3.8, 4) is 5.75 Å². The minimum Gasteiger partial charge on any atom is -0.505 e. The van der Waals surface area contributed by atoms with Gasteiger partial charge >= 0.3 is 0 Å². The number of rotatable bonds is 3. The van der Waals surface area contributed by atoms with Crippen molar-refractivity contribution in [3.05, 3.63) is 29.1 Å². The van der Waals surface area contributed by atoms with Crippen molar-refractivity contribution in [1.29, 1.82) is 0 Å². The van der Waals surface area contributed by atoms with Gasteiger partial charge in [-0.25, -0.2) is 8.78 Å². The lowest BCUT2D eigenvalue weighted by Gasteiger charge is -2.34. The second-order valence-electron chi connectivity index (χ2n) is 4.59. The van der Waals surface area contributed by atoms with Crippen molar-refractivity contribution in [2.45, 2.75) is 13.0 Å². The van der Waals surface area contributed by atoms with Crippen molar-refractivity contribution in [2.75, 3.05) is 32.9 Å². The van der Waals surface area contributed by atoms with Gasteiger partial charge in [0.15, 0.2) is 11.6 Å². The SMILES string of the molecule is Cc1ccc([C@@H](CF)N2CCNCC2)c(O)c1F. The fourth-order valence-electron chi connectivity index (χ4n) is 2.32. The minimum atomic E-state index is -0.652. The van der Waals surface area contributed by atoms with Gasteiger partial charge in [0.25, 0.3) is 0 Å². The highest BCUT2D eigenvalue weighted by atomic mass is 19.1. The predicted molar refractivity (Wildman–Crippen MR) is 66.0 cm³/mol. The Morgan fingerprint density at radius 2 is 2.06 bits per heavy atom. The molecule has 0 bridgehead atoms. The first kappa shape index (κ1) is 13.2. The zero-order valence-electron chi connectivity index (χ0n) is 10.4. The molecule has 0 aliphatic carbocycles. The lowest BCUT2D eigenvalue weighted by molar-refractivity contribution is 0.144. The largest absolute Gasteiger partial charge is 0.505 e. The van der Waals surface area contributed by atoms with Crippen LogP contribution in [0.5, 0.6) is 5.75 Å². The maximum atomic E-state index is 13.7. The summed E-state index contributed by atoms with van der Waals surface area (Å²) < 4.78 is 26.9. The standard InChI is InChI=1S/C13H18F2N2O/c1-9-2-3-10(13(18)12(9)15)11(8-14)17-6-4-16-5-7-17/h2-3,11,16,18H,4-8H2,1H3/t11-/m1/s1. The van der Waals surface area contributed by atoms with Crippen LogP contribution in [-0.2, 0) is 0 Å². The molecule has 0 aromatic heterocycles. The number of hydrogen-bond donors (Lipinski definition) is 2. The summed E-state index contributed by atoms with van der Waals surface area (Å²) in [5.74, 6) is -1.07. The van der Waals surface area contributed by atoms with Crippen LogP contribution in [0.3, 0.4) is 0 Å². The Bertz CT molecular complexity index is 420. The van der Waals surface area contributed by atoms with Gasteiger partial charge in [-0.15, -0.1) is 0 Å². The van der Waals surface area contributed by atoms with E-state index < -0.39 is 24.3 Å². The third-order valence-corrected chi connectivity index (χ3v) is 3.44. The molecule has 1 fully saturated rings. The maximum absolute atomic E-state index is 13.7. The molecule has 1 heterocycles. The van der Waals surface area contributed by atoms with E-state index in [0.717, 1.165) is 13.1 Å². The number of nitrogens with one attached hydrogen (secondary N) is 1. The van der Waals surface area contributed by atoms with E-state index >= 15 is 0 Å². The Morgan fingerprint density at radius 3 is 2.67 bits per heavy atom. The quantitative estimate of drug-likeness (QED) is 0.865. The second-order valence-corrected chi connectivity index (χ2v) is 4.59. The van der Waals surface area contributed by atoms with Gasteiger partial charge in [-0.1, -0.05) is 12.1 Å². The number of alkyl halides is 1. The van der Waals surface area contributed by atoms with Gasteiger partial charge in [-0.3, -0.25) is 4.90 Å². The van der Waals surface area contributed by atoms with Gasteiger partial charge < -0.3 is 10.4 Å². The lowest BCUT2D eigenvalue weighted by Crippen LogP contribution is -2.45. The summed E-state index contributed by atoms with van der Waals surface area (Å²) >= 11 is 0. The van der Waals surface area contributed by atoms with Gasteiger partial charge in [-0.05, 0) is 12.5 Å². The molecule has 0 radical (unpaired) electrons. The minimum absolute atomic E-state index is 0.336. The van der Waals surface area contributed by atoms with E-state index in [2.05, 4.69) is 5.32 Å². The molecule has 1 aliphatic heterocycles. The second kappa shape index (κ2) is 5.63. The molecule has 100 valence electrons. The molecule has 1 atom stereocenters. The Balaban J connectivity index is 2.29. The fraction of sp³-hybridized carbons (Fsp3) is 0.538. The van der Waals surface area contributed by atoms with Gasteiger partial charge in [0, 0.05) is 31.7 Å². The first-order valence-corrected chi connectivity index (χ1v) is 6.14.